The van der Waals surface area contributed by atoms with Crippen molar-refractivity contribution >= 4 is 0 Å². The van der Waals surface area contributed by atoms with Crippen molar-refractivity contribution in [2.75, 3.05) is 0 Å². The van der Waals surface area contributed by atoms with Gasteiger partial charge in [-0.3, -0.25) is 0 Å². The number of benzene rings is 2. The van der Waals surface area contributed by atoms with Gasteiger partial charge in [-0.25, -0.2) is 0 Å². The first-order valence-electron chi connectivity index (χ1n) is 6.54. The van der Waals surface area contributed by atoms with Crippen molar-refractivity contribution in [2.24, 2.45) is 0 Å². The fraction of sp³-hybridized carbons (Fsp3) is 0.222. The molecule has 2 rings (SSSR count). The first kappa shape index (κ1) is 12.5. The van der Waals surface area contributed by atoms with Crippen molar-refractivity contribution in [3.63, 3.8) is 0 Å². The van der Waals surface area contributed by atoms with E-state index >= 15 is 0 Å². The predicted molar refractivity (Wildman–Crippen MR) is 78.3 cm³/mol. The standard InChI is InChI=1S/C18H18/c1-2-3-4-6-9-16-12-14-18(15-13-16)17-10-7-5-8-11-17/h5,7-8,10-15H,2-4H2,1H3. The maximum absolute atomic E-state index is 3.21. The third kappa shape index (κ3) is 3.50. The Morgan fingerprint density at radius 1 is 0.833 bits per heavy atom. The van der Waals surface area contributed by atoms with Crippen LogP contribution in [0.4, 0.5) is 0 Å². The molecule has 0 fully saturated rings. The highest BCUT2D eigenvalue weighted by Gasteiger charge is 1.95. The molecule has 0 aromatic heterocycles. The van der Waals surface area contributed by atoms with Crippen molar-refractivity contribution in [2.45, 2.75) is 26.2 Å². The Morgan fingerprint density at radius 2 is 1.50 bits per heavy atom. The molecule has 2 aromatic carbocycles. The molecule has 0 saturated heterocycles. The molecular weight excluding hydrogens is 216 g/mol. The van der Waals surface area contributed by atoms with Gasteiger partial charge in [0.1, 0.15) is 0 Å². The summed E-state index contributed by atoms with van der Waals surface area (Å²) in [4.78, 5) is 0. The van der Waals surface area contributed by atoms with E-state index in [2.05, 4.69) is 67.3 Å². The molecule has 0 amide bonds. The van der Waals surface area contributed by atoms with Gasteiger partial charge in [-0.15, -0.1) is 0 Å². The lowest BCUT2D eigenvalue weighted by atomic mass is 10.0. The Kier molecular flexibility index (Phi) is 4.61. The summed E-state index contributed by atoms with van der Waals surface area (Å²) in [5.41, 5.74) is 3.60. The van der Waals surface area contributed by atoms with Gasteiger partial charge in [0.05, 0.1) is 0 Å². The summed E-state index contributed by atoms with van der Waals surface area (Å²) in [6, 6.07) is 18.9. The van der Waals surface area contributed by atoms with Gasteiger partial charge < -0.3 is 0 Å². The van der Waals surface area contributed by atoms with Crippen molar-refractivity contribution in [1.29, 1.82) is 0 Å². The van der Waals surface area contributed by atoms with Crippen LogP contribution in [0.5, 0.6) is 0 Å². The van der Waals surface area contributed by atoms with Crippen LogP contribution < -0.4 is 0 Å². The van der Waals surface area contributed by atoms with Gasteiger partial charge in [0.2, 0.25) is 0 Å². The van der Waals surface area contributed by atoms with Crippen LogP contribution in [0.2, 0.25) is 0 Å². The molecule has 0 nitrogen and oxygen atoms in total. The zero-order valence-electron chi connectivity index (χ0n) is 10.8. The second-order valence-corrected chi connectivity index (χ2v) is 4.35. The topological polar surface area (TPSA) is 0 Å². The zero-order chi connectivity index (χ0) is 12.6. The summed E-state index contributed by atoms with van der Waals surface area (Å²) in [5.74, 6) is 6.42. The van der Waals surface area contributed by atoms with E-state index in [1.54, 1.807) is 0 Å². The van der Waals surface area contributed by atoms with Crippen LogP contribution in [0, 0.1) is 11.8 Å². The fourth-order valence-corrected chi connectivity index (χ4v) is 1.81. The molecule has 90 valence electrons. The van der Waals surface area contributed by atoms with Gasteiger partial charge in [0.25, 0.3) is 0 Å². The summed E-state index contributed by atoms with van der Waals surface area (Å²) in [6.07, 6.45) is 3.40. The van der Waals surface area contributed by atoms with E-state index in [0.29, 0.717) is 0 Å². The van der Waals surface area contributed by atoms with Crippen LogP contribution in [-0.2, 0) is 0 Å². The van der Waals surface area contributed by atoms with Crippen LogP contribution >= 0.6 is 0 Å². The molecule has 0 heterocycles. The Hall–Kier alpha value is -2.00. The molecule has 0 heteroatoms. The predicted octanol–water partition coefficient (Wildman–Crippen LogP) is 4.90. The minimum absolute atomic E-state index is 0.997. The van der Waals surface area contributed by atoms with Gasteiger partial charge >= 0.3 is 0 Å². The van der Waals surface area contributed by atoms with E-state index in [0.717, 1.165) is 12.0 Å². The lowest BCUT2D eigenvalue weighted by Gasteiger charge is -2.00. The van der Waals surface area contributed by atoms with Crippen LogP contribution in [0.3, 0.4) is 0 Å². The molecule has 0 bridgehead atoms. The summed E-state index contributed by atoms with van der Waals surface area (Å²) in [5, 5.41) is 0. The fourth-order valence-electron chi connectivity index (χ4n) is 1.81. The Morgan fingerprint density at radius 3 is 2.17 bits per heavy atom. The first-order chi connectivity index (χ1) is 8.90. The van der Waals surface area contributed by atoms with Crippen molar-refractivity contribution < 1.29 is 0 Å². The largest absolute Gasteiger partial charge is 0.0979 e. The van der Waals surface area contributed by atoms with Crippen LogP contribution in [0.15, 0.2) is 54.6 Å². The molecule has 0 radical (unpaired) electrons. The summed E-state index contributed by atoms with van der Waals surface area (Å²) >= 11 is 0. The number of rotatable bonds is 3. The molecule has 0 unspecified atom stereocenters. The van der Waals surface area contributed by atoms with Gasteiger partial charge in [-0.2, -0.15) is 0 Å². The molecule has 0 aliphatic carbocycles. The normalized spacial score (nSPS) is 9.61. The van der Waals surface area contributed by atoms with Crippen LogP contribution in [0.25, 0.3) is 11.1 Å². The second kappa shape index (κ2) is 6.67. The van der Waals surface area contributed by atoms with Crippen LogP contribution in [0.1, 0.15) is 31.7 Å². The lowest BCUT2D eigenvalue weighted by Crippen LogP contribution is -1.78. The second-order valence-electron chi connectivity index (χ2n) is 4.35. The average Bonchev–Trinajstić information content (AvgIpc) is 2.45. The molecule has 0 aliphatic rings. The third-order valence-corrected chi connectivity index (χ3v) is 2.88. The van der Waals surface area contributed by atoms with E-state index in [1.165, 1.54) is 24.0 Å². The van der Waals surface area contributed by atoms with Gasteiger partial charge in [0, 0.05) is 12.0 Å². The quantitative estimate of drug-likeness (QED) is 0.523. The Balaban J connectivity index is 2.08. The molecule has 0 atom stereocenters. The van der Waals surface area contributed by atoms with E-state index in [9.17, 15) is 0 Å². The van der Waals surface area contributed by atoms with Crippen molar-refractivity contribution in [1.82, 2.24) is 0 Å². The number of hydrogen-bond acceptors (Lipinski definition) is 0. The minimum atomic E-state index is 0.997. The Labute approximate surface area is 110 Å². The minimum Gasteiger partial charge on any atom is -0.0979 e. The average molecular weight is 234 g/mol. The van der Waals surface area contributed by atoms with Gasteiger partial charge in [-0.05, 0) is 29.7 Å². The van der Waals surface area contributed by atoms with Crippen LogP contribution in [-0.4, -0.2) is 0 Å². The smallest absolute Gasteiger partial charge is 0.0245 e. The number of unbranched alkanes of at least 4 members (excludes halogenated alkanes) is 2. The highest BCUT2D eigenvalue weighted by Crippen LogP contribution is 2.18. The first-order valence-corrected chi connectivity index (χ1v) is 6.54. The van der Waals surface area contributed by atoms with E-state index in [1.807, 2.05) is 6.07 Å². The molecule has 0 N–H and O–H groups in total. The molecule has 0 saturated carbocycles. The Bertz CT molecular complexity index is 524. The maximum atomic E-state index is 3.21. The molecule has 0 aliphatic heterocycles. The number of hydrogen-bond donors (Lipinski definition) is 0. The van der Waals surface area contributed by atoms with Gasteiger partial charge in [0.15, 0.2) is 0 Å². The monoisotopic (exact) mass is 234 g/mol. The molecule has 0 spiro atoms. The SMILES string of the molecule is CCCCC#Cc1ccc(-c2ccccc2)cc1. The van der Waals surface area contributed by atoms with Gasteiger partial charge in [-0.1, -0.05) is 67.6 Å². The van der Waals surface area contributed by atoms with E-state index in [4.69, 9.17) is 0 Å². The van der Waals surface area contributed by atoms with E-state index in [-0.39, 0.29) is 0 Å². The third-order valence-electron chi connectivity index (χ3n) is 2.88. The summed E-state index contributed by atoms with van der Waals surface area (Å²) in [7, 11) is 0. The molecule has 18 heavy (non-hydrogen) atoms. The summed E-state index contributed by atoms with van der Waals surface area (Å²) in [6.45, 7) is 2.19. The van der Waals surface area contributed by atoms with Crippen molar-refractivity contribution in [3.8, 4) is 23.0 Å². The zero-order valence-corrected chi connectivity index (χ0v) is 10.8. The van der Waals surface area contributed by atoms with Crippen molar-refractivity contribution in [3.05, 3.63) is 60.2 Å². The summed E-state index contributed by atoms with van der Waals surface area (Å²) < 4.78 is 0. The molecular formula is C18H18. The highest BCUT2D eigenvalue weighted by atomic mass is 14.0. The lowest BCUT2D eigenvalue weighted by molar-refractivity contribution is 0.828. The van der Waals surface area contributed by atoms with E-state index < -0.39 is 0 Å². The molecule has 2 aromatic rings. The highest BCUT2D eigenvalue weighted by molar-refractivity contribution is 5.64. The maximum Gasteiger partial charge on any atom is 0.0245 e.